The molecular weight excluding hydrogens is 314 g/mol. The van der Waals surface area contributed by atoms with Crippen LogP contribution in [0.5, 0.6) is 0 Å². The molecule has 1 unspecified atom stereocenters. The monoisotopic (exact) mass is 340 g/mol. The van der Waals surface area contributed by atoms with E-state index in [1.165, 1.54) is 12.1 Å². The average molecular weight is 340 g/mol. The summed E-state index contributed by atoms with van der Waals surface area (Å²) in [5, 5.41) is 8.73. The van der Waals surface area contributed by atoms with Gasteiger partial charge in [-0.05, 0) is 33.8 Å². The first kappa shape index (κ1) is 19.9. The summed E-state index contributed by atoms with van der Waals surface area (Å²) in [7, 11) is 1.58. The van der Waals surface area contributed by atoms with Crippen molar-refractivity contribution in [2.75, 3.05) is 20.1 Å². The standard InChI is InChI=1S/C17H26F2N4O/c1-6-21-16(22-10-17(3,4)15(24)20-5)23-11(2)13-8-7-12(18)9-14(13)19/h7-9,11H,6,10H2,1-5H3,(H,20,24)(H2,21,22,23). The first-order valence-corrected chi connectivity index (χ1v) is 7.93. The van der Waals surface area contributed by atoms with Crippen LogP contribution in [-0.4, -0.2) is 32.0 Å². The second-order valence-corrected chi connectivity index (χ2v) is 6.19. The molecule has 5 nitrogen and oxygen atoms in total. The van der Waals surface area contributed by atoms with Crippen molar-refractivity contribution in [3.05, 3.63) is 35.4 Å². The number of hydrogen-bond acceptors (Lipinski definition) is 2. The van der Waals surface area contributed by atoms with Crippen molar-refractivity contribution in [2.45, 2.75) is 33.7 Å². The van der Waals surface area contributed by atoms with Gasteiger partial charge in [0.2, 0.25) is 5.91 Å². The Kier molecular flexibility index (Phi) is 7.13. The zero-order chi connectivity index (χ0) is 18.3. The van der Waals surface area contributed by atoms with Crippen LogP contribution in [0, 0.1) is 17.0 Å². The fourth-order valence-corrected chi connectivity index (χ4v) is 2.14. The van der Waals surface area contributed by atoms with Crippen molar-refractivity contribution < 1.29 is 13.6 Å². The summed E-state index contributed by atoms with van der Waals surface area (Å²) >= 11 is 0. The van der Waals surface area contributed by atoms with Gasteiger partial charge in [-0.2, -0.15) is 0 Å². The highest BCUT2D eigenvalue weighted by molar-refractivity contribution is 5.83. The maximum atomic E-state index is 13.9. The lowest BCUT2D eigenvalue weighted by Crippen LogP contribution is -2.41. The number of guanidine groups is 1. The molecule has 0 saturated heterocycles. The first-order chi connectivity index (χ1) is 11.2. The molecule has 0 aliphatic carbocycles. The van der Waals surface area contributed by atoms with Crippen molar-refractivity contribution >= 4 is 11.9 Å². The summed E-state index contributed by atoms with van der Waals surface area (Å²) in [4.78, 5) is 16.2. The van der Waals surface area contributed by atoms with Crippen LogP contribution in [0.15, 0.2) is 23.2 Å². The molecular formula is C17H26F2N4O. The van der Waals surface area contributed by atoms with Gasteiger partial charge in [-0.25, -0.2) is 8.78 Å². The van der Waals surface area contributed by atoms with Gasteiger partial charge in [-0.15, -0.1) is 0 Å². The molecule has 24 heavy (non-hydrogen) atoms. The lowest BCUT2D eigenvalue weighted by atomic mass is 9.93. The number of halogens is 2. The predicted molar refractivity (Wildman–Crippen MR) is 91.7 cm³/mol. The smallest absolute Gasteiger partial charge is 0.227 e. The van der Waals surface area contributed by atoms with Crippen molar-refractivity contribution in [2.24, 2.45) is 10.4 Å². The topological polar surface area (TPSA) is 65.5 Å². The Hall–Kier alpha value is -2.18. The number of rotatable bonds is 6. The minimum Gasteiger partial charge on any atom is -0.359 e. The maximum Gasteiger partial charge on any atom is 0.227 e. The van der Waals surface area contributed by atoms with E-state index in [1.54, 1.807) is 27.8 Å². The second kappa shape index (κ2) is 8.61. The Balaban J connectivity index is 2.88. The molecule has 1 amide bonds. The Morgan fingerprint density at radius 2 is 2.00 bits per heavy atom. The van der Waals surface area contributed by atoms with Crippen LogP contribution in [-0.2, 0) is 4.79 Å². The Bertz CT molecular complexity index is 602. The number of nitrogens with one attached hydrogen (secondary N) is 3. The summed E-state index contributed by atoms with van der Waals surface area (Å²) in [5.74, 6) is -0.877. The van der Waals surface area contributed by atoms with Gasteiger partial charge in [-0.3, -0.25) is 9.79 Å². The van der Waals surface area contributed by atoms with Gasteiger partial charge in [0.25, 0.3) is 0 Å². The fraction of sp³-hybridized carbons (Fsp3) is 0.529. The highest BCUT2D eigenvalue weighted by Crippen LogP contribution is 2.18. The molecule has 0 radical (unpaired) electrons. The van der Waals surface area contributed by atoms with Crippen LogP contribution >= 0.6 is 0 Å². The molecule has 3 N–H and O–H groups in total. The van der Waals surface area contributed by atoms with E-state index < -0.39 is 23.1 Å². The van der Waals surface area contributed by atoms with E-state index in [0.29, 0.717) is 18.1 Å². The van der Waals surface area contributed by atoms with Gasteiger partial charge >= 0.3 is 0 Å². The Labute approximate surface area is 141 Å². The van der Waals surface area contributed by atoms with Crippen molar-refractivity contribution in [1.29, 1.82) is 0 Å². The first-order valence-electron chi connectivity index (χ1n) is 7.93. The molecule has 0 aliphatic heterocycles. The maximum absolute atomic E-state index is 13.9. The van der Waals surface area contributed by atoms with Crippen molar-refractivity contribution in [3.8, 4) is 0 Å². The van der Waals surface area contributed by atoms with E-state index in [2.05, 4.69) is 20.9 Å². The molecule has 1 atom stereocenters. The van der Waals surface area contributed by atoms with Crippen LogP contribution in [0.1, 0.15) is 39.3 Å². The van der Waals surface area contributed by atoms with Crippen LogP contribution in [0.2, 0.25) is 0 Å². The normalized spacial score (nSPS) is 13.4. The second-order valence-electron chi connectivity index (χ2n) is 6.19. The van der Waals surface area contributed by atoms with E-state index >= 15 is 0 Å². The fourth-order valence-electron chi connectivity index (χ4n) is 2.14. The highest BCUT2D eigenvalue weighted by atomic mass is 19.1. The van der Waals surface area contributed by atoms with Gasteiger partial charge in [0.1, 0.15) is 11.6 Å². The minimum atomic E-state index is -0.665. The van der Waals surface area contributed by atoms with E-state index in [1.807, 2.05) is 6.92 Å². The van der Waals surface area contributed by atoms with Gasteiger partial charge in [-0.1, -0.05) is 6.07 Å². The lowest BCUT2D eigenvalue weighted by Gasteiger charge is -2.23. The zero-order valence-corrected chi connectivity index (χ0v) is 14.8. The number of carbonyl (C=O) groups is 1. The highest BCUT2D eigenvalue weighted by Gasteiger charge is 2.26. The molecule has 0 heterocycles. The largest absolute Gasteiger partial charge is 0.359 e. The molecule has 0 fully saturated rings. The van der Waals surface area contributed by atoms with Crippen LogP contribution in [0.4, 0.5) is 8.78 Å². The average Bonchev–Trinajstić information content (AvgIpc) is 2.51. The third-order valence-corrected chi connectivity index (χ3v) is 3.60. The Morgan fingerprint density at radius 1 is 1.33 bits per heavy atom. The lowest BCUT2D eigenvalue weighted by molar-refractivity contribution is -0.128. The van der Waals surface area contributed by atoms with Crippen LogP contribution in [0.25, 0.3) is 0 Å². The van der Waals surface area contributed by atoms with Gasteiger partial charge in [0, 0.05) is 25.2 Å². The molecule has 134 valence electrons. The predicted octanol–water partition coefficient (Wildman–Crippen LogP) is 2.35. The molecule has 0 spiro atoms. The zero-order valence-electron chi connectivity index (χ0n) is 14.8. The molecule has 0 saturated carbocycles. The molecule has 0 bridgehead atoms. The van der Waals surface area contributed by atoms with Crippen LogP contribution in [0.3, 0.4) is 0 Å². The number of aliphatic imine (C=N–C) groups is 1. The van der Waals surface area contributed by atoms with E-state index in [4.69, 9.17) is 0 Å². The summed E-state index contributed by atoms with van der Waals surface area (Å²) in [5.41, 5.74) is -0.325. The SMILES string of the molecule is CCNC(=NCC(C)(C)C(=O)NC)NC(C)c1ccc(F)cc1F. The molecule has 7 heteroatoms. The van der Waals surface area contributed by atoms with Crippen molar-refractivity contribution in [1.82, 2.24) is 16.0 Å². The van der Waals surface area contributed by atoms with Crippen molar-refractivity contribution in [3.63, 3.8) is 0 Å². The third-order valence-electron chi connectivity index (χ3n) is 3.60. The minimum absolute atomic E-state index is 0.111. The number of hydrogen-bond donors (Lipinski definition) is 3. The summed E-state index contributed by atoms with van der Waals surface area (Å²) in [6.45, 7) is 8.13. The number of nitrogens with zero attached hydrogens (tertiary/aromatic N) is 1. The molecule has 1 aromatic carbocycles. The Morgan fingerprint density at radius 3 is 2.54 bits per heavy atom. The molecule has 0 aliphatic rings. The van der Waals surface area contributed by atoms with E-state index in [9.17, 15) is 13.6 Å². The van der Waals surface area contributed by atoms with Gasteiger partial charge < -0.3 is 16.0 Å². The molecule has 1 rings (SSSR count). The number of amides is 1. The molecule has 0 aromatic heterocycles. The third kappa shape index (κ3) is 5.47. The quantitative estimate of drug-likeness (QED) is 0.550. The van der Waals surface area contributed by atoms with E-state index in [-0.39, 0.29) is 12.5 Å². The summed E-state index contributed by atoms with van der Waals surface area (Å²) in [6.07, 6.45) is 0. The van der Waals surface area contributed by atoms with Gasteiger partial charge in [0.15, 0.2) is 5.96 Å². The summed E-state index contributed by atoms with van der Waals surface area (Å²) < 4.78 is 26.9. The van der Waals surface area contributed by atoms with Crippen LogP contribution < -0.4 is 16.0 Å². The summed E-state index contributed by atoms with van der Waals surface area (Å²) in [6, 6.07) is 3.06. The van der Waals surface area contributed by atoms with Gasteiger partial charge in [0.05, 0.1) is 18.0 Å². The number of carbonyl (C=O) groups excluding carboxylic acids is 1. The molecule has 1 aromatic rings. The van der Waals surface area contributed by atoms with E-state index in [0.717, 1.165) is 6.07 Å². The number of benzene rings is 1.